The Morgan fingerprint density at radius 2 is 2.47 bits per heavy atom. The number of rotatable bonds is 1. The normalized spacial score (nSPS) is 28.2. The van der Waals surface area contributed by atoms with Crippen molar-refractivity contribution in [3.8, 4) is 0 Å². The molecular formula is C12H17N3OS. The minimum Gasteiger partial charge on any atom is -0.333 e. The van der Waals surface area contributed by atoms with E-state index in [1.54, 1.807) is 11.3 Å². The second-order valence-electron chi connectivity index (χ2n) is 4.88. The van der Waals surface area contributed by atoms with Crippen LogP contribution in [0.4, 0.5) is 0 Å². The Kier molecular flexibility index (Phi) is 2.88. The number of nitrogens with one attached hydrogen (secondary N) is 1. The van der Waals surface area contributed by atoms with Gasteiger partial charge in [0.2, 0.25) is 0 Å². The van der Waals surface area contributed by atoms with Crippen molar-refractivity contribution in [2.24, 2.45) is 5.92 Å². The van der Waals surface area contributed by atoms with E-state index in [0.717, 1.165) is 31.1 Å². The maximum absolute atomic E-state index is 12.4. The van der Waals surface area contributed by atoms with Crippen molar-refractivity contribution < 1.29 is 4.79 Å². The van der Waals surface area contributed by atoms with Crippen LogP contribution in [0.5, 0.6) is 0 Å². The first kappa shape index (κ1) is 11.2. The van der Waals surface area contributed by atoms with Crippen molar-refractivity contribution in [1.82, 2.24) is 15.2 Å². The fraction of sp³-hybridized carbons (Fsp3) is 0.667. The zero-order valence-electron chi connectivity index (χ0n) is 9.98. The second-order valence-corrected chi connectivity index (χ2v) is 5.94. The Hall–Kier alpha value is -0.940. The molecule has 2 saturated heterocycles. The summed E-state index contributed by atoms with van der Waals surface area (Å²) in [6, 6.07) is 0.387. The number of amides is 1. The molecule has 1 aromatic heterocycles. The van der Waals surface area contributed by atoms with Crippen LogP contribution in [-0.4, -0.2) is 41.5 Å². The van der Waals surface area contributed by atoms with Gasteiger partial charge in [-0.1, -0.05) is 0 Å². The number of hydrogen-bond acceptors (Lipinski definition) is 4. The Morgan fingerprint density at radius 3 is 3.24 bits per heavy atom. The van der Waals surface area contributed by atoms with Crippen molar-refractivity contribution in [2.45, 2.75) is 25.8 Å². The molecule has 2 aliphatic heterocycles. The summed E-state index contributed by atoms with van der Waals surface area (Å²) in [4.78, 5) is 18.7. The number of carbonyl (C=O) groups is 1. The molecule has 2 atom stereocenters. The molecular weight excluding hydrogens is 234 g/mol. The highest BCUT2D eigenvalue weighted by Crippen LogP contribution is 2.27. The van der Waals surface area contributed by atoms with Gasteiger partial charge in [-0.2, -0.15) is 0 Å². The number of nitrogens with zero attached hydrogens (tertiary/aromatic N) is 2. The lowest BCUT2D eigenvalue weighted by molar-refractivity contribution is 0.0569. The summed E-state index contributed by atoms with van der Waals surface area (Å²) < 4.78 is 0. The average molecular weight is 251 g/mol. The molecule has 1 N–H and O–H groups in total. The molecule has 5 heteroatoms. The van der Waals surface area contributed by atoms with Gasteiger partial charge >= 0.3 is 0 Å². The summed E-state index contributed by atoms with van der Waals surface area (Å²) >= 11 is 1.55. The number of aromatic nitrogens is 1. The zero-order valence-corrected chi connectivity index (χ0v) is 10.8. The zero-order chi connectivity index (χ0) is 11.8. The van der Waals surface area contributed by atoms with Gasteiger partial charge in [-0.15, -0.1) is 11.3 Å². The van der Waals surface area contributed by atoms with Gasteiger partial charge in [0.1, 0.15) is 5.69 Å². The lowest BCUT2D eigenvalue weighted by atomic mass is 9.92. The van der Waals surface area contributed by atoms with E-state index in [-0.39, 0.29) is 5.91 Å². The van der Waals surface area contributed by atoms with Crippen LogP contribution in [0.25, 0.3) is 0 Å². The van der Waals surface area contributed by atoms with E-state index in [1.165, 1.54) is 6.42 Å². The first-order chi connectivity index (χ1) is 8.25. The Morgan fingerprint density at radius 1 is 1.59 bits per heavy atom. The second kappa shape index (κ2) is 4.38. The van der Waals surface area contributed by atoms with E-state index in [0.29, 0.717) is 17.7 Å². The number of aryl methyl sites for hydroxylation is 1. The summed E-state index contributed by atoms with van der Waals surface area (Å²) in [5.41, 5.74) is 0.625. The number of thiazole rings is 1. The molecule has 0 aliphatic carbocycles. The SMILES string of the molecule is Cc1nc(C(=O)N2CCCC3CNCC32)cs1. The summed E-state index contributed by atoms with van der Waals surface area (Å²) in [6.07, 6.45) is 2.37. The fourth-order valence-electron chi connectivity index (χ4n) is 2.93. The standard InChI is InChI=1S/C12H17N3OS/c1-8-14-10(7-17-8)12(16)15-4-2-3-9-5-13-6-11(9)15/h7,9,11,13H,2-6H2,1H3. The highest BCUT2D eigenvalue weighted by molar-refractivity contribution is 7.09. The van der Waals surface area contributed by atoms with Gasteiger partial charge in [-0.3, -0.25) is 4.79 Å². The van der Waals surface area contributed by atoms with Gasteiger partial charge in [0.25, 0.3) is 5.91 Å². The smallest absolute Gasteiger partial charge is 0.273 e. The number of carbonyl (C=O) groups excluding carboxylic acids is 1. The largest absolute Gasteiger partial charge is 0.333 e. The van der Waals surface area contributed by atoms with E-state index >= 15 is 0 Å². The maximum Gasteiger partial charge on any atom is 0.273 e. The predicted octanol–water partition coefficient (Wildman–Crippen LogP) is 1.28. The van der Waals surface area contributed by atoms with Crippen LogP contribution in [0, 0.1) is 12.8 Å². The minimum absolute atomic E-state index is 0.118. The molecule has 0 spiro atoms. The molecule has 1 aromatic rings. The molecule has 3 rings (SSSR count). The Bertz CT molecular complexity index is 431. The highest BCUT2D eigenvalue weighted by Gasteiger charge is 2.38. The van der Waals surface area contributed by atoms with Crippen molar-refractivity contribution in [2.75, 3.05) is 19.6 Å². The first-order valence-corrected chi connectivity index (χ1v) is 7.07. The molecule has 0 saturated carbocycles. The maximum atomic E-state index is 12.4. The molecule has 1 amide bonds. The van der Waals surface area contributed by atoms with E-state index in [1.807, 2.05) is 17.2 Å². The summed E-state index contributed by atoms with van der Waals surface area (Å²) in [5.74, 6) is 0.764. The summed E-state index contributed by atoms with van der Waals surface area (Å²) in [7, 11) is 0. The molecule has 4 nitrogen and oxygen atoms in total. The molecule has 2 unspecified atom stereocenters. The quantitative estimate of drug-likeness (QED) is 0.817. The van der Waals surface area contributed by atoms with Gasteiger partial charge in [0.05, 0.1) is 5.01 Å². The Labute approximate surface area is 105 Å². The van der Waals surface area contributed by atoms with Crippen molar-refractivity contribution in [1.29, 1.82) is 0 Å². The third-order valence-corrected chi connectivity index (χ3v) is 4.55. The van der Waals surface area contributed by atoms with Crippen LogP contribution in [0.15, 0.2) is 5.38 Å². The number of piperidine rings is 1. The molecule has 2 aliphatic rings. The first-order valence-electron chi connectivity index (χ1n) is 6.19. The van der Waals surface area contributed by atoms with Crippen molar-refractivity contribution in [3.63, 3.8) is 0 Å². The van der Waals surface area contributed by atoms with E-state index in [2.05, 4.69) is 10.3 Å². The van der Waals surface area contributed by atoms with Crippen LogP contribution < -0.4 is 5.32 Å². The molecule has 17 heavy (non-hydrogen) atoms. The van der Waals surface area contributed by atoms with Crippen molar-refractivity contribution in [3.05, 3.63) is 16.1 Å². The van der Waals surface area contributed by atoms with E-state index in [9.17, 15) is 4.79 Å². The molecule has 0 radical (unpaired) electrons. The third kappa shape index (κ3) is 1.98. The number of fused-ring (bicyclic) bond motifs is 1. The topological polar surface area (TPSA) is 45.2 Å². The third-order valence-electron chi connectivity index (χ3n) is 3.78. The lowest BCUT2D eigenvalue weighted by Gasteiger charge is -2.36. The molecule has 2 fully saturated rings. The van der Waals surface area contributed by atoms with E-state index < -0.39 is 0 Å². The Balaban J connectivity index is 1.81. The predicted molar refractivity (Wildman–Crippen MR) is 67.3 cm³/mol. The van der Waals surface area contributed by atoms with Crippen LogP contribution in [0.3, 0.4) is 0 Å². The van der Waals surface area contributed by atoms with Gasteiger partial charge in [-0.05, 0) is 25.7 Å². The van der Waals surface area contributed by atoms with Gasteiger partial charge in [0, 0.05) is 31.1 Å². The van der Waals surface area contributed by atoms with Crippen LogP contribution in [0.1, 0.15) is 28.3 Å². The molecule has 92 valence electrons. The summed E-state index contributed by atoms with van der Waals surface area (Å²) in [5, 5.41) is 6.24. The molecule has 0 aromatic carbocycles. The average Bonchev–Trinajstić information content (AvgIpc) is 2.95. The highest BCUT2D eigenvalue weighted by atomic mass is 32.1. The molecule has 3 heterocycles. The van der Waals surface area contributed by atoms with Gasteiger partial charge in [-0.25, -0.2) is 4.98 Å². The lowest BCUT2D eigenvalue weighted by Crippen LogP contribution is -2.48. The van der Waals surface area contributed by atoms with Gasteiger partial charge < -0.3 is 10.2 Å². The van der Waals surface area contributed by atoms with Crippen LogP contribution >= 0.6 is 11.3 Å². The molecule has 0 bridgehead atoms. The van der Waals surface area contributed by atoms with Crippen molar-refractivity contribution >= 4 is 17.2 Å². The monoisotopic (exact) mass is 251 g/mol. The van der Waals surface area contributed by atoms with Crippen LogP contribution in [-0.2, 0) is 0 Å². The van der Waals surface area contributed by atoms with Crippen LogP contribution in [0.2, 0.25) is 0 Å². The van der Waals surface area contributed by atoms with E-state index in [4.69, 9.17) is 0 Å². The summed E-state index contributed by atoms with van der Waals surface area (Å²) in [6.45, 7) is 4.83. The fourth-order valence-corrected chi connectivity index (χ4v) is 3.52. The minimum atomic E-state index is 0.118. The van der Waals surface area contributed by atoms with Gasteiger partial charge in [0.15, 0.2) is 0 Å². The number of likely N-dealkylation sites (tertiary alicyclic amines) is 1. The number of hydrogen-bond donors (Lipinski definition) is 1.